The van der Waals surface area contributed by atoms with Crippen molar-refractivity contribution in [2.45, 2.75) is 20.8 Å². The number of benzene rings is 2. The minimum Gasteiger partial charge on any atom is -0.495 e. The molecule has 0 spiro atoms. The van der Waals surface area contributed by atoms with E-state index in [-0.39, 0.29) is 11.6 Å². The topological polar surface area (TPSA) is 76.1 Å². The van der Waals surface area contributed by atoms with Crippen molar-refractivity contribution in [1.29, 1.82) is 0 Å². The van der Waals surface area contributed by atoms with Gasteiger partial charge in [-0.15, -0.1) is 0 Å². The van der Waals surface area contributed by atoms with Gasteiger partial charge in [0.15, 0.2) is 0 Å². The van der Waals surface area contributed by atoms with E-state index in [1.165, 1.54) is 7.11 Å². The molecule has 0 saturated carbocycles. The zero-order valence-corrected chi connectivity index (χ0v) is 16.9. The van der Waals surface area contributed by atoms with Gasteiger partial charge in [0.2, 0.25) is 0 Å². The lowest BCUT2D eigenvalue weighted by atomic mass is 10.1. The number of hydrogen-bond acceptors (Lipinski definition) is 5. The fourth-order valence-corrected chi connectivity index (χ4v) is 3.08. The molecule has 144 valence electrons. The number of aryl methyl sites for hydroxylation is 3. The van der Waals surface area contributed by atoms with E-state index in [0.717, 1.165) is 16.8 Å². The molecule has 2 aromatic carbocycles. The lowest BCUT2D eigenvalue weighted by Gasteiger charge is -2.13. The van der Waals surface area contributed by atoms with Crippen molar-refractivity contribution in [2.75, 3.05) is 17.7 Å². The number of aromatic nitrogens is 2. The lowest BCUT2D eigenvalue weighted by Crippen LogP contribution is -2.15. The van der Waals surface area contributed by atoms with Gasteiger partial charge in [-0.25, -0.2) is 9.97 Å². The molecule has 7 heteroatoms. The Bertz CT molecular complexity index is 1020. The van der Waals surface area contributed by atoms with E-state index < -0.39 is 0 Å². The van der Waals surface area contributed by atoms with E-state index in [4.69, 9.17) is 16.3 Å². The van der Waals surface area contributed by atoms with E-state index in [2.05, 4.69) is 20.6 Å². The van der Waals surface area contributed by atoms with E-state index in [9.17, 15) is 4.79 Å². The minimum atomic E-state index is -0.351. The fraction of sp³-hybridized carbons (Fsp3) is 0.190. The highest BCUT2D eigenvalue weighted by molar-refractivity contribution is 6.32. The summed E-state index contributed by atoms with van der Waals surface area (Å²) >= 11 is 6.12. The van der Waals surface area contributed by atoms with Gasteiger partial charge in [0.05, 0.1) is 12.1 Å². The zero-order chi connectivity index (χ0) is 20.3. The highest BCUT2D eigenvalue weighted by atomic mass is 35.5. The van der Waals surface area contributed by atoms with Crippen molar-refractivity contribution in [3.8, 4) is 5.75 Å². The second-order valence-corrected chi connectivity index (χ2v) is 6.79. The van der Waals surface area contributed by atoms with Crippen LogP contribution in [-0.2, 0) is 0 Å². The van der Waals surface area contributed by atoms with Gasteiger partial charge in [-0.3, -0.25) is 4.79 Å². The van der Waals surface area contributed by atoms with Gasteiger partial charge in [-0.1, -0.05) is 29.8 Å². The minimum absolute atomic E-state index is 0.258. The van der Waals surface area contributed by atoms with Crippen molar-refractivity contribution in [2.24, 2.45) is 0 Å². The number of anilines is 3. The predicted molar refractivity (Wildman–Crippen MR) is 112 cm³/mol. The number of nitrogens with one attached hydrogen (secondary N) is 2. The molecule has 0 aliphatic rings. The highest BCUT2D eigenvalue weighted by Crippen LogP contribution is 2.28. The average molecular weight is 397 g/mol. The molecule has 3 aromatic rings. The summed E-state index contributed by atoms with van der Waals surface area (Å²) in [5.74, 6) is 1.24. The van der Waals surface area contributed by atoms with Crippen LogP contribution < -0.4 is 15.4 Å². The number of rotatable bonds is 5. The van der Waals surface area contributed by atoms with Crippen LogP contribution in [0.1, 0.15) is 27.4 Å². The summed E-state index contributed by atoms with van der Waals surface area (Å²) in [7, 11) is 1.54. The zero-order valence-electron chi connectivity index (χ0n) is 16.1. The summed E-state index contributed by atoms with van der Waals surface area (Å²) in [6.07, 6.45) is 0. The van der Waals surface area contributed by atoms with Crippen LogP contribution in [0.25, 0.3) is 0 Å². The third-order valence-corrected chi connectivity index (χ3v) is 4.51. The Morgan fingerprint density at radius 2 is 1.75 bits per heavy atom. The van der Waals surface area contributed by atoms with Gasteiger partial charge in [0, 0.05) is 17.4 Å². The number of hydrogen-bond donors (Lipinski definition) is 2. The van der Waals surface area contributed by atoms with Crippen LogP contribution in [0.2, 0.25) is 5.02 Å². The van der Waals surface area contributed by atoms with Crippen LogP contribution in [0.3, 0.4) is 0 Å². The van der Waals surface area contributed by atoms with Crippen molar-refractivity contribution in [3.63, 3.8) is 0 Å². The van der Waals surface area contributed by atoms with Crippen molar-refractivity contribution in [3.05, 3.63) is 70.1 Å². The first-order valence-corrected chi connectivity index (χ1v) is 9.09. The molecule has 2 N–H and O–H groups in total. The Hall–Kier alpha value is -3.12. The number of nitrogens with zero attached hydrogens (tertiary/aromatic N) is 2. The third-order valence-electron chi connectivity index (χ3n) is 4.21. The number of ether oxygens (including phenoxy) is 1. The van der Waals surface area contributed by atoms with Gasteiger partial charge in [0.25, 0.3) is 5.91 Å². The number of carbonyl (C=O) groups excluding carboxylic acids is 1. The molecule has 1 amide bonds. The first kappa shape index (κ1) is 19.6. The third kappa shape index (κ3) is 4.40. The summed E-state index contributed by atoms with van der Waals surface area (Å²) in [4.78, 5) is 21.3. The number of amides is 1. The Kier molecular flexibility index (Phi) is 5.80. The molecule has 0 unspecified atom stereocenters. The molecular weight excluding hydrogens is 376 g/mol. The van der Waals surface area contributed by atoms with Crippen LogP contribution >= 0.6 is 11.6 Å². The standard InChI is InChI=1S/C21H21ClN4O2/c1-12-6-5-7-13(2)20(12)26-19-11-17(23-14(3)24-19)21(27)25-15-8-9-18(28-4)16(22)10-15/h5-11H,1-4H3,(H,25,27)(H,23,24,26). The SMILES string of the molecule is COc1ccc(NC(=O)c2cc(Nc3c(C)cccc3C)nc(C)n2)cc1Cl. The Labute approximate surface area is 168 Å². The molecular formula is C21H21ClN4O2. The molecule has 28 heavy (non-hydrogen) atoms. The predicted octanol–water partition coefficient (Wildman–Crippen LogP) is 5.06. The second-order valence-electron chi connectivity index (χ2n) is 6.38. The maximum Gasteiger partial charge on any atom is 0.274 e. The van der Waals surface area contributed by atoms with E-state index in [0.29, 0.717) is 28.1 Å². The first-order valence-electron chi connectivity index (χ1n) is 8.71. The first-order chi connectivity index (χ1) is 13.4. The summed E-state index contributed by atoms with van der Waals surface area (Å²) in [5.41, 5.74) is 3.96. The molecule has 0 aliphatic carbocycles. The van der Waals surface area contributed by atoms with E-state index in [1.807, 2.05) is 32.0 Å². The van der Waals surface area contributed by atoms with Gasteiger partial charge in [-0.05, 0) is 50.1 Å². The number of halogens is 1. The molecule has 0 fully saturated rings. The number of methoxy groups -OCH3 is 1. The maximum absolute atomic E-state index is 12.7. The number of carbonyl (C=O) groups is 1. The summed E-state index contributed by atoms with van der Waals surface area (Å²) in [6, 6.07) is 12.7. The summed E-state index contributed by atoms with van der Waals surface area (Å²) in [6.45, 7) is 5.78. The summed E-state index contributed by atoms with van der Waals surface area (Å²) < 4.78 is 5.12. The maximum atomic E-state index is 12.7. The molecule has 0 aliphatic heterocycles. The van der Waals surface area contributed by atoms with Crippen LogP contribution in [-0.4, -0.2) is 23.0 Å². The van der Waals surface area contributed by atoms with E-state index in [1.54, 1.807) is 31.2 Å². The van der Waals surface area contributed by atoms with Crippen LogP contribution in [0.5, 0.6) is 5.75 Å². The highest BCUT2D eigenvalue weighted by Gasteiger charge is 2.13. The molecule has 1 aromatic heterocycles. The van der Waals surface area contributed by atoms with Gasteiger partial charge in [0.1, 0.15) is 23.1 Å². The van der Waals surface area contributed by atoms with Crippen LogP contribution in [0.4, 0.5) is 17.2 Å². The molecule has 3 rings (SSSR count). The Morgan fingerprint density at radius 3 is 2.39 bits per heavy atom. The molecule has 6 nitrogen and oxygen atoms in total. The quantitative estimate of drug-likeness (QED) is 0.630. The van der Waals surface area contributed by atoms with Gasteiger partial charge >= 0.3 is 0 Å². The van der Waals surface area contributed by atoms with E-state index >= 15 is 0 Å². The molecule has 0 atom stereocenters. The monoisotopic (exact) mass is 396 g/mol. The van der Waals surface area contributed by atoms with Gasteiger partial charge < -0.3 is 15.4 Å². The Balaban J connectivity index is 1.84. The molecule has 0 radical (unpaired) electrons. The fourth-order valence-electron chi connectivity index (χ4n) is 2.83. The molecule has 0 bridgehead atoms. The molecule has 1 heterocycles. The lowest BCUT2D eigenvalue weighted by molar-refractivity contribution is 0.102. The summed E-state index contributed by atoms with van der Waals surface area (Å²) in [5, 5.41) is 6.50. The normalized spacial score (nSPS) is 10.5. The average Bonchev–Trinajstić information content (AvgIpc) is 2.64. The van der Waals surface area contributed by atoms with Crippen molar-refractivity contribution >= 4 is 34.7 Å². The Morgan fingerprint density at radius 1 is 1.04 bits per heavy atom. The van der Waals surface area contributed by atoms with Crippen molar-refractivity contribution in [1.82, 2.24) is 9.97 Å². The molecule has 0 saturated heterocycles. The van der Waals surface area contributed by atoms with Crippen LogP contribution in [0.15, 0.2) is 42.5 Å². The largest absolute Gasteiger partial charge is 0.495 e. The van der Waals surface area contributed by atoms with Crippen LogP contribution in [0, 0.1) is 20.8 Å². The smallest absolute Gasteiger partial charge is 0.274 e. The van der Waals surface area contributed by atoms with Gasteiger partial charge in [-0.2, -0.15) is 0 Å². The van der Waals surface area contributed by atoms with Crippen molar-refractivity contribution < 1.29 is 9.53 Å². The second kappa shape index (κ2) is 8.27. The number of para-hydroxylation sites is 1.